The fourth-order valence-corrected chi connectivity index (χ4v) is 3.66. The predicted octanol–water partition coefficient (Wildman–Crippen LogP) is 3.91. The summed E-state index contributed by atoms with van der Waals surface area (Å²) in [4.78, 5) is 46.1. The van der Waals surface area contributed by atoms with Crippen LogP contribution in [0.2, 0.25) is 0 Å². The van der Waals surface area contributed by atoms with Crippen LogP contribution in [0.4, 0.5) is 22.4 Å². The standard InChI is InChI=1S/C24H26F4N4O5/c1-23(2,3)37-22(35)32-12-15(25)8-18(32)20(33)31-10-14-7-17(29-11-16(14)21(34)36-4)13-5-6-19(30-9-13)24(26,27)28/h5-7,9,11,15,18H,8,10,12H2,1-4H3,(H,31,33). The minimum Gasteiger partial charge on any atom is -0.465 e. The Morgan fingerprint density at radius 1 is 1.14 bits per heavy atom. The highest BCUT2D eigenvalue weighted by Gasteiger charge is 2.41. The van der Waals surface area contributed by atoms with Crippen molar-refractivity contribution in [3.05, 3.63) is 47.4 Å². The highest BCUT2D eigenvalue weighted by atomic mass is 19.4. The third-order valence-electron chi connectivity index (χ3n) is 5.38. The zero-order valence-electron chi connectivity index (χ0n) is 20.6. The summed E-state index contributed by atoms with van der Waals surface area (Å²) in [5.41, 5.74) is -1.24. The Morgan fingerprint density at radius 3 is 2.41 bits per heavy atom. The molecule has 2 aromatic heterocycles. The quantitative estimate of drug-likeness (QED) is 0.465. The molecular formula is C24H26F4N4O5. The summed E-state index contributed by atoms with van der Waals surface area (Å²) >= 11 is 0. The molecule has 2 atom stereocenters. The van der Waals surface area contributed by atoms with Crippen molar-refractivity contribution in [2.24, 2.45) is 0 Å². The van der Waals surface area contributed by atoms with E-state index in [1.165, 1.54) is 18.3 Å². The number of carbonyl (C=O) groups excluding carboxylic acids is 3. The van der Waals surface area contributed by atoms with Gasteiger partial charge in [-0.15, -0.1) is 0 Å². The molecule has 3 rings (SSSR count). The van der Waals surface area contributed by atoms with Crippen LogP contribution in [-0.2, 0) is 27.0 Å². The maximum atomic E-state index is 14.1. The molecule has 1 N–H and O–H groups in total. The van der Waals surface area contributed by atoms with Crippen LogP contribution in [0.5, 0.6) is 0 Å². The van der Waals surface area contributed by atoms with E-state index in [9.17, 15) is 31.9 Å². The first kappa shape index (κ1) is 27.8. The van der Waals surface area contributed by atoms with Gasteiger partial charge in [0.15, 0.2) is 0 Å². The lowest BCUT2D eigenvalue weighted by atomic mass is 10.1. The molecule has 37 heavy (non-hydrogen) atoms. The van der Waals surface area contributed by atoms with E-state index < -0.39 is 47.7 Å². The van der Waals surface area contributed by atoms with E-state index in [1.54, 1.807) is 20.8 Å². The number of esters is 1. The average Bonchev–Trinajstić information content (AvgIpc) is 3.22. The SMILES string of the molecule is COC(=O)c1cnc(-c2ccc(C(F)(F)F)nc2)cc1CNC(=O)C1CC(F)CN1C(=O)OC(C)(C)C. The number of rotatable bonds is 5. The molecule has 0 bridgehead atoms. The number of amides is 2. The first-order valence-electron chi connectivity index (χ1n) is 11.2. The highest BCUT2D eigenvalue weighted by molar-refractivity contribution is 5.91. The molecule has 1 fully saturated rings. The Morgan fingerprint density at radius 2 is 1.84 bits per heavy atom. The fourth-order valence-electron chi connectivity index (χ4n) is 3.66. The summed E-state index contributed by atoms with van der Waals surface area (Å²) in [6.07, 6.45) is -4.93. The van der Waals surface area contributed by atoms with Gasteiger partial charge in [-0.2, -0.15) is 13.2 Å². The minimum atomic E-state index is -4.61. The van der Waals surface area contributed by atoms with Gasteiger partial charge in [-0.05, 0) is 44.5 Å². The van der Waals surface area contributed by atoms with Crippen molar-refractivity contribution in [3.63, 3.8) is 0 Å². The van der Waals surface area contributed by atoms with Gasteiger partial charge < -0.3 is 14.8 Å². The van der Waals surface area contributed by atoms with E-state index in [1.807, 2.05) is 0 Å². The topological polar surface area (TPSA) is 111 Å². The Labute approximate surface area is 210 Å². The van der Waals surface area contributed by atoms with Crippen LogP contribution in [-0.4, -0.2) is 64.3 Å². The molecule has 0 saturated carbocycles. The third kappa shape index (κ3) is 6.92. The number of carbonyl (C=O) groups is 3. The van der Waals surface area contributed by atoms with Gasteiger partial charge in [0.25, 0.3) is 0 Å². The van der Waals surface area contributed by atoms with Gasteiger partial charge in [0.05, 0.1) is 24.9 Å². The molecule has 3 heterocycles. The zero-order valence-corrected chi connectivity index (χ0v) is 20.6. The molecule has 2 unspecified atom stereocenters. The molecular weight excluding hydrogens is 500 g/mol. The van der Waals surface area contributed by atoms with E-state index in [-0.39, 0.29) is 41.9 Å². The Bertz CT molecular complexity index is 1170. The highest BCUT2D eigenvalue weighted by Crippen LogP contribution is 2.29. The van der Waals surface area contributed by atoms with E-state index in [0.29, 0.717) is 0 Å². The maximum absolute atomic E-state index is 14.1. The zero-order chi connectivity index (χ0) is 27.5. The first-order chi connectivity index (χ1) is 17.2. The Hall–Kier alpha value is -3.77. The van der Waals surface area contributed by atoms with Crippen LogP contribution >= 0.6 is 0 Å². The van der Waals surface area contributed by atoms with Gasteiger partial charge in [0.1, 0.15) is 23.5 Å². The van der Waals surface area contributed by atoms with Crippen molar-refractivity contribution in [1.82, 2.24) is 20.2 Å². The van der Waals surface area contributed by atoms with Crippen LogP contribution in [0.25, 0.3) is 11.3 Å². The van der Waals surface area contributed by atoms with Crippen LogP contribution in [0.15, 0.2) is 30.6 Å². The van der Waals surface area contributed by atoms with Gasteiger partial charge in [0, 0.05) is 30.9 Å². The largest absolute Gasteiger partial charge is 0.465 e. The average molecular weight is 526 g/mol. The van der Waals surface area contributed by atoms with Crippen LogP contribution < -0.4 is 5.32 Å². The molecule has 0 spiro atoms. The maximum Gasteiger partial charge on any atom is 0.433 e. The second-order valence-electron chi connectivity index (χ2n) is 9.35. The number of halogens is 4. The number of pyridine rings is 2. The van der Waals surface area contributed by atoms with Crippen LogP contribution in [0.1, 0.15) is 48.8 Å². The Kier molecular flexibility index (Phi) is 8.03. The molecule has 0 aliphatic carbocycles. The molecule has 200 valence electrons. The van der Waals surface area contributed by atoms with Gasteiger partial charge in [-0.25, -0.2) is 14.0 Å². The number of nitrogens with one attached hydrogen (secondary N) is 1. The van der Waals surface area contributed by atoms with Crippen molar-refractivity contribution in [3.8, 4) is 11.3 Å². The number of methoxy groups -OCH3 is 1. The predicted molar refractivity (Wildman–Crippen MR) is 122 cm³/mol. The summed E-state index contributed by atoms with van der Waals surface area (Å²) in [5.74, 6) is -1.43. The lowest BCUT2D eigenvalue weighted by Gasteiger charge is -2.27. The van der Waals surface area contributed by atoms with Crippen molar-refractivity contribution in [2.45, 2.75) is 57.7 Å². The van der Waals surface area contributed by atoms with Crippen molar-refractivity contribution < 1.29 is 41.4 Å². The van der Waals surface area contributed by atoms with Crippen molar-refractivity contribution in [1.29, 1.82) is 0 Å². The fraction of sp³-hybridized carbons (Fsp3) is 0.458. The second kappa shape index (κ2) is 10.7. The molecule has 1 aliphatic heterocycles. The second-order valence-corrected chi connectivity index (χ2v) is 9.35. The number of nitrogens with zero attached hydrogens (tertiary/aromatic N) is 3. The summed E-state index contributed by atoms with van der Waals surface area (Å²) in [6, 6.07) is 2.24. The lowest BCUT2D eigenvalue weighted by Crippen LogP contribution is -2.47. The van der Waals surface area contributed by atoms with Crippen molar-refractivity contribution in [2.75, 3.05) is 13.7 Å². The number of ether oxygens (including phenoxy) is 2. The number of hydrogen-bond donors (Lipinski definition) is 1. The van der Waals surface area contributed by atoms with Crippen LogP contribution in [0, 0.1) is 0 Å². The minimum absolute atomic E-state index is 0.00482. The molecule has 1 saturated heterocycles. The smallest absolute Gasteiger partial charge is 0.433 e. The van der Waals surface area contributed by atoms with Gasteiger partial charge in [-0.3, -0.25) is 19.7 Å². The number of likely N-dealkylation sites (tertiary alicyclic amines) is 1. The molecule has 13 heteroatoms. The number of alkyl halides is 4. The van der Waals surface area contributed by atoms with Gasteiger partial charge in [0.2, 0.25) is 5.91 Å². The lowest BCUT2D eigenvalue weighted by molar-refractivity contribution is -0.141. The van der Waals surface area contributed by atoms with Gasteiger partial charge >= 0.3 is 18.2 Å². The summed E-state index contributed by atoms with van der Waals surface area (Å²) in [7, 11) is 1.15. The van der Waals surface area contributed by atoms with E-state index in [2.05, 4.69) is 15.3 Å². The number of hydrogen-bond acceptors (Lipinski definition) is 7. The molecule has 1 aliphatic rings. The normalized spacial score (nSPS) is 17.9. The van der Waals surface area contributed by atoms with Crippen molar-refractivity contribution >= 4 is 18.0 Å². The third-order valence-corrected chi connectivity index (χ3v) is 5.38. The molecule has 2 amide bonds. The summed E-state index contributed by atoms with van der Waals surface area (Å²) in [5, 5.41) is 2.58. The molecule has 9 nitrogen and oxygen atoms in total. The van der Waals surface area contributed by atoms with E-state index >= 15 is 0 Å². The first-order valence-corrected chi connectivity index (χ1v) is 11.2. The molecule has 0 aromatic carbocycles. The summed E-state index contributed by atoms with van der Waals surface area (Å²) < 4.78 is 62.6. The van der Waals surface area contributed by atoms with Crippen LogP contribution in [0.3, 0.4) is 0 Å². The Balaban J connectivity index is 1.82. The monoisotopic (exact) mass is 526 g/mol. The molecule has 0 radical (unpaired) electrons. The molecule has 2 aromatic rings. The number of aromatic nitrogens is 2. The van der Waals surface area contributed by atoms with Gasteiger partial charge in [-0.1, -0.05) is 0 Å². The van der Waals surface area contributed by atoms with E-state index in [0.717, 1.165) is 24.3 Å². The summed E-state index contributed by atoms with van der Waals surface area (Å²) in [6.45, 7) is 4.39. The van der Waals surface area contributed by atoms with E-state index in [4.69, 9.17) is 9.47 Å².